The maximum Gasteiger partial charge on any atom is 0.299 e. The van der Waals surface area contributed by atoms with Gasteiger partial charge in [-0.05, 0) is 31.5 Å². The van der Waals surface area contributed by atoms with Crippen molar-refractivity contribution in [3.05, 3.63) is 53.3 Å². The molecule has 20 heavy (non-hydrogen) atoms. The van der Waals surface area contributed by atoms with Crippen LogP contribution in [0.1, 0.15) is 19.4 Å². The molecule has 1 aromatic rings. The number of Topliss-reactive ketones (excluding diaryl/α,β-unsaturated/α-hetero) is 1. The third-order valence-corrected chi connectivity index (χ3v) is 3.31. The number of methoxy groups -OCH3 is 1. The van der Waals surface area contributed by atoms with E-state index in [-0.39, 0.29) is 0 Å². The van der Waals surface area contributed by atoms with Crippen LogP contribution in [-0.2, 0) is 16.1 Å². The van der Waals surface area contributed by atoms with Gasteiger partial charge in [-0.25, -0.2) is 0 Å². The molecule has 1 aromatic carbocycles. The molecular formula is C16H17NO3. The van der Waals surface area contributed by atoms with Crippen molar-refractivity contribution in [2.24, 2.45) is 0 Å². The molecular weight excluding hydrogens is 254 g/mol. The Morgan fingerprint density at radius 3 is 2.25 bits per heavy atom. The summed E-state index contributed by atoms with van der Waals surface area (Å²) in [5, 5.41) is 0. The van der Waals surface area contributed by atoms with Gasteiger partial charge in [0, 0.05) is 5.57 Å². The van der Waals surface area contributed by atoms with Gasteiger partial charge in [-0.2, -0.15) is 0 Å². The van der Waals surface area contributed by atoms with Crippen molar-refractivity contribution in [1.29, 1.82) is 0 Å². The van der Waals surface area contributed by atoms with Gasteiger partial charge in [0.2, 0.25) is 0 Å². The highest BCUT2D eigenvalue weighted by Gasteiger charge is 2.37. The van der Waals surface area contributed by atoms with E-state index in [1.54, 1.807) is 26.2 Å². The maximum absolute atomic E-state index is 12.0. The van der Waals surface area contributed by atoms with Crippen molar-refractivity contribution in [2.75, 3.05) is 7.11 Å². The molecule has 1 saturated heterocycles. The molecule has 0 atom stereocenters. The Morgan fingerprint density at radius 2 is 1.75 bits per heavy atom. The van der Waals surface area contributed by atoms with Crippen molar-refractivity contribution >= 4 is 11.7 Å². The summed E-state index contributed by atoms with van der Waals surface area (Å²) in [6.07, 6.45) is 3.48. The average Bonchev–Trinajstić information content (AvgIpc) is 2.71. The summed E-state index contributed by atoms with van der Waals surface area (Å²) in [6, 6.07) is 7.45. The summed E-state index contributed by atoms with van der Waals surface area (Å²) in [6.45, 7) is 3.97. The summed E-state index contributed by atoms with van der Waals surface area (Å²) in [7, 11) is 1.61. The minimum absolute atomic E-state index is 0.381. The van der Waals surface area contributed by atoms with E-state index in [0.717, 1.165) is 11.3 Å². The molecule has 0 bridgehead atoms. The molecule has 0 aliphatic carbocycles. The first-order valence-corrected chi connectivity index (χ1v) is 6.44. The van der Waals surface area contributed by atoms with E-state index in [2.05, 4.69) is 0 Å². The summed E-state index contributed by atoms with van der Waals surface area (Å²) in [4.78, 5) is 25.4. The molecule has 0 N–H and O–H groups in total. The Labute approximate surface area is 118 Å². The molecule has 4 heteroatoms. The van der Waals surface area contributed by atoms with Crippen LogP contribution in [-0.4, -0.2) is 23.7 Å². The average molecular weight is 271 g/mol. The molecule has 1 aliphatic rings. The molecule has 0 aromatic heterocycles. The van der Waals surface area contributed by atoms with E-state index >= 15 is 0 Å². The second kappa shape index (κ2) is 5.74. The standard InChI is InChI=1S/C16H17NO3/c1-4-13-14(5-2)17(16(19)15(13)18)10-11-6-8-12(20-3)9-7-11/h4-9H,10H2,1-3H3/b13-4+,14-5+. The number of hydrogen-bond acceptors (Lipinski definition) is 3. The first-order chi connectivity index (χ1) is 9.62. The highest BCUT2D eigenvalue weighted by Crippen LogP contribution is 2.27. The number of amides is 1. The van der Waals surface area contributed by atoms with Crippen LogP contribution in [0.4, 0.5) is 0 Å². The van der Waals surface area contributed by atoms with Crippen molar-refractivity contribution in [3.8, 4) is 5.75 Å². The molecule has 2 rings (SSSR count). The van der Waals surface area contributed by atoms with Crippen molar-refractivity contribution in [1.82, 2.24) is 4.90 Å². The number of ether oxygens (including phenoxy) is 1. The minimum atomic E-state index is -0.470. The molecule has 0 saturated carbocycles. The van der Waals surface area contributed by atoms with E-state index in [1.165, 1.54) is 4.90 Å². The molecule has 0 unspecified atom stereocenters. The highest BCUT2D eigenvalue weighted by atomic mass is 16.5. The van der Waals surface area contributed by atoms with Crippen LogP contribution in [0.15, 0.2) is 47.7 Å². The summed E-state index contributed by atoms with van der Waals surface area (Å²) >= 11 is 0. The van der Waals surface area contributed by atoms with Gasteiger partial charge in [0.1, 0.15) is 5.75 Å². The zero-order valence-electron chi connectivity index (χ0n) is 11.8. The molecule has 0 radical (unpaired) electrons. The molecule has 104 valence electrons. The van der Waals surface area contributed by atoms with Crippen LogP contribution in [0.25, 0.3) is 0 Å². The van der Waals surface area contributed by atoms with Crippen LogP contribution in [0, 0.1) is 0 Å². The molecule has 1 amide bonds. The third-order valence-electron chi connectivity index (χ3n) is 3.31. The monoisotopic (exact) mass is 271 g/mol. The zero-order chi connectivity index (χ0) is 14.7. The van der Waals surface area contributed by atoms with Crippen LogP contribution in [0.5, 0.6) is 5.75 Å². The Morgan fingerprint density at radius 1 is 1.10 bits per heavy atom. The fourth-order valence-electron chi connectivity index (χ4n) is 2.27. The third kappa shape index (κ3) is 2.37. The lowest BCUT2D eigenvalue weighted by atomic mass is 10.1. The number of ketones is 1. The molecule has 1 aliphatic heterocycles. The van der Waals surface area contributed by atoms with Gasteiger partial charge in [0.25, 0.3) is 11.7 Å². The second-order valence-electron chi connectivity index (χ2n) is 4.44. The fourth-order valence-corrected chi connectivity index (χ4v) is 2.27. The van der Waals surface area contributed by atoms with Gasteiger partial charge in [0.05, 0.1) is 19.4 Å². The number of allylic oxidation sites excluding steroid dienone is 3. The minimum Gasteiger partial charge on any atom is -0.497 e. The predicted octanol–water partition coefficient (Wildman–Crippen LogP) is 2.46. The van der Waals surface area contributed by atoms with Crippen LogP contribution < -0.4 is 4.74 Å². The van der Waals surface area contributed by atoms with E-state index in [4.69, 9.17) is 4.74 Å². The van der Waals surface area contributed by atoms with E-state index < -0.39 is 11.7 Å². The van der Waals surface area contributed by atoms with Crippen LogP contribution >= 0.6 is 0 Å². The number of rotatable bonds is 3. The second-order valence-corrected chi connectivity index (χ2v) is 4.44. The quantitative estimate of drug-likeness (QED) is 0.626. The van der Waals surface area contributed by atoms with Gasteiger partial charge in [-0.1, -0.05) is 24.3 Å². The van der Waals surface area contributed by atoms with Crippen molar-refractivity contribution < 1.29 is 14.3 Å². The lowest BCUT2D eigenvalue weighted by Crippen LogP contribution is -2.25. The van der Waals surface area contributed by atoms with Gasteiger partial charge < -0.3 is 9.64 Å². The van der Waals surface area contributed by atoms with Gasteiger partial charge in [-0.15, -0.1) is 0 Å². The lowest BCUT2D eigenvalue weighted by molar-refractivity contribution is -0.139. The van der Waals surface area contributed by atoms with Crippen LogP contribution in [0.2, 0.25) is 0 Å². The van der Waals surface area contributed by atoms with E-state index in [9.17, 15) is 9.59 Å². The van der Waals surface area contributed by atoms with Crippen molar-refractivity contribution in [2.45, 2.75) is 20.4 Å². The molecule has 4 nitrogen and oxygen atoms in total. The Hall–Kier alpha value is -2.36. The van der Waals surface area contributed by atoms with Gasteiger partial charge in [-0.3, -0.25) is 9.59 Å². The Bertz CT molecular complexity index is 597. The topological polar surface area (TPSA) is 46.6 Å². The molecule has 0 spiro atoms. The SMILES string of the molecule is C/C=C1/C(=O)C(=O)N(Cc2ccc(OC)cc2)/C1=C/C. The number of nitrogens with zero attached hydrogens (tertiary/aromatic N) is 1. The normalized spacial score (nSPS) is 19.2. The first kappa shape index (κ1) is 14.1. The Kier molecular flexibility index (Phi) is 4.03. The number of benzene rings is 1. The van der Waals surface area contributed by atoms with E-state index in [0.29, 0.717) is 17.8 Å². The summed E-state index contributed by atoms with van der Waals surface area (Å²) in [5.41, 5.74) is 2.10. The van der Waals surface area contributed by atoms with Crippen LogP contribution in [0.3, 0.4) is 0 Å². The highest BCUT2D eigenvalue weighted by molar-refractivity contribution is 6.47. The summed E-state index contributed by atoms with van der Waals surface area (Å²) < 4.78 is 5.10. The number of carbonyl (C=O) groups is 2. The maximum atomic E-state index is 12.0. The lowest BCUT2D eigenvalue weighted by Gasteiger charge is -2.17. The first-order valence-electron chi connectivity index (χ1n) is 6.44. The molecule has 1 heterocycles. The molecule has 1 fully saturated rings. The van der Waals surface area contributed by atoms with E-state index in [1.807, 2.05) is 31.2 Å². The number of hydrogen-bond donors (Lipinski definition) is 0. The largest absolute Gasteiger partial charge is 0.497 e. The van der Waals surface area contributed by atoms with Gasteiger partial charge >= 0.3 is 0 Å². The van der Waals surface area contributed by atoms with Crippen molar-refractivity contribution in [3.63, 3.8) is 0 Å². The smallest absolute Gasteiger partial charge is 0.299 e. The Balaban J connectivity index is 2.27. The predicted molar refractivity (Wildman–Crippen MR) is 76.1 cm³/mol. The fraction of sp³-hybridized carbons (Fsp3) is 0.250. The number of carbonyl (C=O) groups excluding carboxylic acids is 2. The number of likely N-dealkylation sites (tertiary alicyclic amines) is 1. The van der Waals surface area contributed by atoms with Gasteiger partial charge in [0.15, 0.2) is 0 Å². The summed E-state index contributed by atoms with van der Waals surface area (Å²) in [5.74, 6) is -0.144. The zero-order valence-corrected chi connectivity index (χ0v) is 11.8.